The highest BCUT2D eigenvalue weighted by Crippen LogP contribution is 2.42. The number of likely N-dealkylation sites (tertiary alicyclic amines) is 2. The average molecular weight is 461 g/mol. The Balaban J connectivity index is 1.86. The highest BCUT2D eigenvalue weighted by atomic mass is 19.1. The molecular formula is C24H37FN6O2. The number of piperidine rings is 1. The first-order valence-electron chi connectivity index (χ1n) is 11.5. The molecule has 2 heterocycles. The van der Waals surface area contributed by atoms with Gasteiger partial charge in [0, 0.05) is 30.6 Å². The largest absolute Gasteiger partial charge is 0.437 e. The molecule has 1 aromatic rings. The van der Waals surface area contributed by atoms with Crippen molar-refractivity contribution in [3.8, 4) is 5.75 Å². The van der Waals surface area contributed by atoms with E-state index in [-0.39, 0.29) is 40.6 Å². The smallest absolute Gasteiger partial charge is 0.258 e. The first-order valence-corrected chi connectivity index (χ1v) is 11.5. The van der Waals surface area contributed by atoms with Crippen LogP contribution >= 0.6 is 0 Å². The second-order valence-electron chi connectivity index (χ2n) is 9.77. The molecule has 1 amide bonds. The predicted octanol–water partition coefficient (Wildman–Crippen LogP) is 2.56. The average Bonchev–Trinajstić information content (AvgIpc) is 2.72. The molecule has 0 aliphatic carbocycles. The van der Waals surface area contributed by atoms with Crippen molar-refractivity contribution in [2.45, 2.75) is 52.6 Å². The topological polar surface area (TPSA) is 100 Å². The molecule has 33 heavy (non-hydrogen) atoms. The summed E-state index contributed by atoms with van der Waals surface area (Å²) in [6, 6.07) is 3.73. The number of aliphatic imine (C=N–C) groups is 1. The number of hydrogen-bond donors (Lipinski definition) is 2. The van der Waals surface area contributed by atoms with Crippen LogP contribution in [-0.2, 0) is 0 Å². The minimum absolute atomic E-state index is 0.0285. The standard InChI is InChI=1S/C24H37FN6O2/c1-16(2)31(17(3)4)23(32)19-12-18(25)6-7-20(19)33-21(27)22(28-15-26)30-13-24(14-30)8-10-29(5)11-9-24/h6-7,12,15-17H,8-11,13-14,27H2,1-5H3,(H2,26,28)/b22-21-. The van der Waals surface area contributed by atoms with Crippen LogP contribution in [0.15, 0.2) is 34.9 Å². The number of halogens is 1. The Morgan fingerprint density at radius 1 is 1.21 bits per heavy atom. The third-order valence-electron chi connectivity index (χ3n) is 6.56. The molecule has 0 saturated carbocycles. The van der Waals surface area contributed by atoms with Crippen LogP contribution in [0.3, 0.4) is 0 Å². The van der Waals surface area contributed by atoms with Gasteiger partial charge >= 0.3 is 0 Å². The van der Waals surface area contributed by atoms with Crippen molar-refractivity contribution in [1.82, 2.24) is 14.7 Å². The summed E-state index contributed by atoms with van der Waals surface area (Å²) in [6.07, 6.45) is 3.43. The highest BCUT2D eigenvalue weighted by Gasteiger charge is 2.45. The second-order valence-corrected chi connectivity index (χ2v) is 9.77. The Morgan fingerprint density at radius 3 is 2.36 bits per heavy atom. The molecule has 182 valence electrons. The summed E-state index contributed by atoms with van der Waals surface area (Å²) >= 11 is 0. The molecule has 4 N–H and O–H groups in total. The lowest BCUT2D eigenvalue weighted by molar-refractivity contribution is -0.0242. The summed E-state index contributed by atoms with van der Waals surface area (Å²) in [5, 5.41) is 0. The number of nitrogens with two attached hydrogens (primary N) is 2. The van der Waals surface area contributed by atoms with Gasteiger partial charge < -0.3 is 30.9 Å². The van der Waals surface area contributed by atoms with Gasteiger partial charge in [-0.25, -0.2) is 9.38 Å². The van der Waals surface area contributed by atoms with Crippen LogP contribution in [0.5, 0.6) is 5.75 Å². The van der Waals surface area contributed by atoms with Crippen molar-refractivity contribution in [3.63, 3.8) is 0 Å². The van der Waals surface area contributed by atoms with Gasteiger partial charge in [-0.2, -0.15) is 0 Å². The molecule has 0 unspecified atom stereocenters. The maximum atomic E-state index is 14.1. The molecule has 8 nitrogen and oxygen atoms in total. The van der Waals surface area contributed by atoms with E-state index in [1.165, 1.54) is 24.5 Å². The molecule has 9 heteroatoms. The zero-order valence-electron chi connectivity index (χ0n) is 20.3. The third-order valence-corrected chi connectivity index (χ3v) is 6.56. The third kappa shape index (κ3) is 5.40. The Morgan fingerprint density at radius 2 is 1.82 bits per heavy atom. The van der Waals surface area contributed by atoms with Gasteiger partial charge in [-0.05, 0) is 78.9 Å². The molecule has 2 aliphatic rings. The van der Waals surface area contributed by atoms with Gasteiger partial charge in [0.25, 0.3) is 5.91 Å². The Kier molecular flexibility index (Phi) is 7.51. The first kappa shape index (κ1) is 24.8. The van der Waals surface area contributed by atoms with E-state index in [0.717, 1.165) is 39.0 Å². The fourth-order valence-electron chi connectivity index (χ4n) is 4.82. The van der Waals surface area contributed by atoms with Gasteiger partial charge in [-0.1, -0.05) is 0 Å². The van der Waals surface area contributed by atoms with E-state index in [1.54, 1.807) is 4.90 Å². The van der Waals surface area contributed by atoms with E-state index < -0.39 is 5.82 Å². The molecule has 0 bridgehead atoms. The summed E-state index contributed by atoms with van der Waals surface area (Å²) in [7, 11) is 2.14. The Labute approximate surface area is 196 Å². The van der Waals surface area contributed by atoms with Crippen molar-refractivity contribution in [2.75, 3.05) is 33.2 Å². The lowest BCUT2D eigenvalue weighted by Gasteiger charge is -2.54. The van der Waals surface area contributed by atoms with E-state index in [1.807, 2.05) is 32.6 Å². The van der Waals surface area contributed by atoms with Gasteiger partial charge in [0.2, 0.25) is 5.88 Å². The highest BCUT2D eigenvalue weighted by molar-refractivity contribution is 5.97. The molecule has 2 aliphatic heterocycles. The number of ether oxygens (including phenoxy) is 1. The van der Waals surface area contributed by atoms with Gasteiger partial charge in [0.15, 0.2) is 5.82 Å². The molecule has 1 spiro atoms. The van der Waals surface area contributed by atoms with Crippen molar-refractivity contribution in [3.05, 3.63) is 41.3 Å². The summed E-state index contributed by atoms with van der Waals surface area (Å²) in [5.41, 5.74) is 12.3. The van der Waals surface area contributed by atoms with Gasteiger partial charge in [-0.3, -0.25) is 4.79 Å². The van der Waals surface area contributed by atoms with E-state index in [4.69, 9.17) is 16.2 Å². The van der Waals surface area contributed by atoms with Crippen molar-refractivity contribution in [2.24, 2.45) is 21.9 Å². The number of carbonyl (C=O) groups excluding carboxylic acids is 1. The quantitative estimate of drug-likeness (QED) is 0.369. The van der Waals surface area contributed by atoms with Crippen LogP contribution in [0.25, 0.3) is 0 Å². The molecule has 2 saturated heterocycles. The van der Waals surface area contributed by atoms with Crippen LogP contribution in [0, 0.1) is 11.2 Å². The number of hydrogen-bond acceptors (Lipinski definition) is 6. The summed E-state index contributed by atoms with van der Waals surface area (Å²) in [4.78, 5) is 23.6. The van der Waals surface area contributed by atoms with Gasteiger partial charge in [0.1, 0.15) is 11.6 Å². The zero-order chi connectivity index (χ0) is 24.3. The van der Waals surface area contributed by atoms with Gasteiger partial charge in [-0.15, -0.1) is 0 Å². The summed E-state index contributed by atoms with van der Waals surface area (Å²) in [5.74, 6) is -0.201. The summed E-state index contributed by atoms with van der Waals surface area (Å²) in [6.45, 7) is 11.5. The Hall–Kier alpha value is -2.81. The number of benzene rings is 1. The van der Waals surface area contributed by atoms with Crippen LogP contribution in [0.4, 0.5) is 4.39 Å². The molecule has 1 aromatic carbocycles. The minimum Gasteiger partial charge on any atom is -0.437 e. The van der Waals surface area contributed by atoms with E-state index in [2.05, 4.69) is 16.9 Å². The molecule has 2 fully saturated rings. The molecule has 0 radical (unpaired) electrons. The fourth-order valence-corrected chi connectivity index (χ4v) is 4.82. The number of rotatable bonds is 7. The number of nitrogens with zero attached hydrogens (tertiary/aromatic N) is 4. The lowest BCUT2D eigenvalue weighted by Crippen LogP contribution is -2.59. The number of carbonyl (C=O) groups is 1. The predicted molar refractivity (Wildman–Crippen MR) is 128 cm³/mol. The van der Waals surface area contributed by atoms with Crippen LogP contribution in [0.1, 0.15) is 50.9 Å². The maximum Gasteiger partial charge on any atom is 0.258 e. The monoisotopic (exact) mass is 460 g/mol. The fraction of sp³-hybridized carbons (Fsp3) is 0.583. The van der Waals surface area contributed by atoms with E-state index >= 15 is 0 Å². The first-order chi connectivity index (χ1) is 15.6. The normalized spacial score (nSPS) is 19.2. The molecular weight excluding hydrogens is 423 g/mol. The summed E-state index contributed by atoms with van der Waals surface area (Å²) < 4.78 is 20.0. The van der Waals surface area contributed by atoms with E-state index in [0.29, 0.717) is 5.82 Å². The SMILES string of the molecule is CC(C)N(C(=O)c1cc(F)ccc1O/C(N)=C(/N=CN)N1CC2(CCN(C)CC2)C1)C(C)C. The van der Waals surface area contributed by atoms with Gasteiger partial charge in [0.05, 0.1) is 11.9 Å². The van der Waals surface area contributed by atoms with Crippen molar-refractivity contribution < 1.29 is 13.9 Å². The lowest BCUT2D eigenvalue weighted by atomic mass is 9.72. The van der Waals surface area contributed by atoms with E-state index in [9.17, 15) is 9.18 Å². The van der Waals surface area contributed by atoms with Crippen molar-refractivity contribution >= 4 is 12.2 Å². The van der Waals surface area contributed by atoms with Crippen LogP contribution < -0.4 is 16.2 Å². The van der Waals surface area contributed by atoms with Crippen molar-refractivity contribution in [1.29, 1.82) is 0 Å². The molecule has 0 aromatic heterocycles. The van der Waals surface area contributed by atoms with Crippen LogP contribution in [-0.4, -0.2) is 72.3 Å². The van der Waals surface area contributed by atoms with Crippen LogP contribution in [0.2, 0.25) is 0 Å². The zero-order valence-corrected chi connectivity index (χ0v) is 20.3. The maximum absolute atomic E-state index is 14.1. The molecule has 3 rings (SSSR count). The Bertz CT molecular complexity index is 906. The molecule has 0 atom stereocenters. The minimum atomic E-state index is -0.520. The number of amides is 1. The second kappa shape index (κ2) is 9.99.